The SMILES string of the molecule is CC1(C)CC(C)(c2ccc(N)cc2)c2ccccc21. The Balaban J connectivity index is 2.19. The van der Waals surface area contributed by atoms with Crippen molar-refractivity contribution in [3.05, 3.63) is 65.2 Å². The molecule has 1 heteroatoms. The first kappa shape index (κ1) is 12.3. The first-order valence-corrected chi connectivity index (χ1v) is 6.89. The number of nitrogen functional groups attached to an aromatic ring is 1. The van der Waals surface area contributed by atoms with Gasteiger partial charge in [0, 0.05) is 11.1 Å². The zero-order valence-electron chi connectivity index (χ0n) is 11.9. The fraction of sp³-hybridized carbons (Fsp3) is 0.333. The first-order chi connectivity index (χ1) is 8.93. The molecule has 1 aliphatic carbocycles. The summed E-state index contributed by atoms with van der Waals surface area (Å²) in [4.78, 5) is 0. The third-order valence-electron chi connectivity index (χ3n) is 4.59. The monoisotopic (exact) mass is 251 g/mol. The van der Waals surface area contributed by atoms with Crippen molar-refractivity contribution in [1.82, 2.24) is 0 Å². The molecule has 2 N–H and O–H groups in total. The molecule has 0 radical (unpaired) electrons. The minimum Gasteiger partial charge on any atom is -0.399 e. The molecular weight excluding hydrogens is 230 g/mol. The van der Waals surface area contributed by atoms with Crippen LogP contribution in [-0.2, 0) is 10.8 Å². The van der Waals surface area contributed by atoms with Crippen molar-refractivity contribution in [2.24, 2.45) is 0 Å². The molecule has 2 aromatic rings. The van der Waals surface area contributed by atoms with Gasteiger partial charge >= 0.3 is 0 Å². The molecule has 0 saturated carbocycles. The van der Waals surface area contributed by atoms with Gasteiger partial charge in [-0.2, -0.15) is 0 Å². The summed E-state index contributed by atoms with van der Waals surface area (Å²) in [6, 6.07) is 17.2. The Morgan fingerprint density at radius 2 is 1.42 bits per heavy atom. The summed E-state index contributed by atoms with van der Waals surface area (Å²) < 4.78 is 0. The third-order valence-corrected chi connectivity index (χ3v) is 4.59. The van der Waals surface area contributed by atoms with Gasteiger partial charge in [0.15, 0.2) is 0 Å². The highest BCUT2D eigenvalue weighted by molar-refractivity contribution is 5.53. The van der Waals surface area contributed by atoms with E-state index in [-0.39, 0.29) is 10.8 Å². The zero-order chi connectivity index (χ0) is 13.7. The molecule has 0 aliphatic heterocycles. The molecule has 19 heavy (non-hydrogen) atoms. The fourth-order valence-electron chi connectivity index (χ4n) is 3.74. The summed E-state index contributed by atoms with van der Waals surface area (Å²) in [6.07, 6.45) is 1.14. The van der Waals surface area contributed by atoms with Gasteiger partial charge in [0.2, 0.25) is 0 Å². The van der Waals surface area contributed by atoms with E-state index in [1.54, 1.807) is 0 Å². The van der Waals surface area contributed by atoms with Crippen molar-refractivity contribution >= 4 is 5.69 Å². The van der Waals surface area contributed by atoms with E-state index in [0.29, 0.717) is 0 Å². The van der Waals surface area contributed by atoms with E-state index < -0.39 is 0 Å². The van der Waals surface area contributed by atoms with E-state index in [0.717, 1.165) is 12.1 Å². The van der Waals surface area contributed by atoms with Gasteiger partial charge in [0.25, 0.3) is 0 Å². The molecule has 1 unspecified atom stereocenters. The highest BCUT2D eigenvalue weighted by Crippen LogP contribution is 2.52. The van der Waals surface area contributed by atoms with Crippen molar-refractivity contribution in [3.8, 4) is 0 Å². The summed E-state index contributed by atoms with van der Waals surface area (Å²) in [5.41, 5.74) is 11.3. The lowest BCUT2D eigenvalue weighted by Crippen LogP contribution is -2.23. The van der Waals surface area contributed by atoms with E-state index in [4.69, 9.17) is 5.73 Å². The van der Waals surface area contributed by atoms with Crippen LogP contribution in [0.1, 0.15) is 43.9 Å². The highest BCUT2D eigenvalue weighted by atomic mass is 14.5. The lowest BCUT2D eigenvalue weighted by Gasteiger charge is -2.28. The van der Waals surface area contributed by atoms with Crippen LogP contribution in [0.4, 0.5) is 5.69 Å². The predicted octanol–water partition coefficient (Wildman–Crippen LogP) is 4.26. The van der Waals surface area contributed by atoms with Gasteiger partial charge in [-0.3, -0.25) is 0 Å². The largest absolute Gasteiger partial charge is 0.399 e. The minimum absolute atomic E-state index is 0.0911. The quantitative estimate of drug-likeness (QED) is 0.753. The Labute approximate surface area is 115 Å². The Kier molecular flexibility index (Phi) is 2.50. The van der Waals surface area contributed by atoms with Crippen LogP contribution in [0.2, 0.25) is 0 Å². The van der Waals surface area contributed by atoms with Crippen LogP contribution in [0.25, 0.3) is 0 Å². The Hall–Kier alpha value is -1.76. The minimum atomic E-state index is 0.0911. The van der Waals surface area contributed by atoms with Crippen molar-refractivity contribution < 1.29 is 0 Å². The Bertz CT molecular complexity index is 610. The molecule has 0 amide bonds. The van der Waals surface area contributed by atoms with Gasteiger partial charge < -0.3 is 5.73 Å². The second-order valence-corrected chi connectivity index (χ2v) is 6.56. The van der Waals surface area contributed by atoms with Crippen molar-refractivity contribution in [1.29, 1.82) is 0 Å². The first-order valence-electron chi connectivity index (χ1n) is 6.89. The molecule has 1 aliphatic rings. The zero-order valence-corrected chi connectivity index (χ0v) is 11.9. The Morgan fingerprint density at radius 1 is 0.842 bits per heavy atom. The number of fused-ring (bicyclic) bond motifs is 1. The van der Waals surface area contributed by atoms with Gasteiger partial charge in [-0.15, -0.1) is 0 Å². The number of benzene rings is 2. The maximum absolute atomic E-state index is 5.82. The summed E-state index contributed by atoms with van der Waals surface area (Å²) >= 11 is 0. The highest BCUT2D eigenvalue weighted by Gasteiger charge is 2.45. The Morgan fingerprint density at radius 3 is 2.05 bits per heavy atom. The second kappa shape index (κ2) is 3.86. The van der Waals surface area contributed by atoms with Crippen molar-refractivity contribution in [2.75, 3.05) is 5.73 Å². The molecule has 1 atom stereocenters. The van der Waals surface area contributed by atoms with E-state index >= 15 is 0 Å². The third kappa shape index (κ3) is 1.76. The van der Waals surface area contributed by atoms with Gasteiger partial charge in [0.1, 0.15) is 0 Å². The molecule has 2 aromatic carbocycles. The number of hydrogen-bond donors (Lipinski definition) is 1. The average molecular weight is 251 g/mol. The van der Waals surface area contributed by atoms with Crippen LogP contribution >= 0.6 is 0 Å². The normalized spacial score (nSPS) is 24.2. The molecule has 0 spiro atoms. The molecule has 98 valence electrons. The number of nitrogens with two attached hydrogens (primary N) is 1. The lowest BCUT2D eigenvalue weighted by molar-refractivity contribution is 0.425. The van der Waals surface area contributed by atoms with Crippen LogP contribution in [0, 0.1) is 0 Å². The van der Waals surface area contributed by atoms with E-state index in [1.807, 2.05) is 12.1 Å². The molecule has 0 aromatic heterocycles. The molecule has 0 saturated heterocycles. The van der Waals surface area contributed by atoms with Crippen molar-refractivity contribution in [2.45, 2.75) is 38.0 Å². The summed E-state index contributed by atoms with van der Waals surface area (Å²) in [7, 11) is 0. The summed E-state index contributed by atoms with van der Waals surface area (Å²) in [5, 5.41) is 0. The van der Waals surface area contributed by atoms with Crippen LogP contribution in [-0.4, -0.2) is 0 Å². The predicted molar refractivity (Wildman–Crippen MR) is 81.4 cm³/mol. The van der Waals surface area contributed by atoms with E-state index in [9.17, 15) is 0 Å². The number of hydrogen-bond acceptors (Lipinski definition) is 1. The van der Waals surface area contributed by atoms with E-state index in [1.165, 1.54) is 16.7 Å². The van der Waals surface area contributed by atoms with Crippen LogP contribution in [0.3, 0.4) is 0 Å². The van der Waals surface area contributed by atoms with Crippen molar-refractivity contribution in [3.63, 3.8) is 0 Å². The van der Waals surface area contributed by atoms with Gasteiger partial charge in [-0.05, 0) is 40.7 Å². The summed E-state index contributed by atoms with van der Waals surface area (Å²) in [6.45, 7) is 7.04. The molecule has 0 bridgehead atoms. The standard InChI is InChI=1S/C18H21N/c1-17(2)12-18(3,13-8-10-14(19)11-9-13)16-7-5-4-6-15(16)17/h4-11H,12,19H2,1-3H3. The second-order valence-electron chi connectivity index (χ2n) is 6.56. The smallest absolute Gasteiger partial charge is 0.0314 e. The molecule has 0 fully saturated rings. The van der Waals surface area contributed by atoms with Gasteiger partial charge in [-0.25, -0.2) is 0 Å². The maximum atomic E-state index is 5.82. The molecule has 0 heterocycles. The van der Waals surface area contributed by atoms with E-state index in [2.05, 4.69) is 57.2 Å². The molecule has 1 nitrogen and oxygen atoms in total. The van der Waals surface area contributed by atoms with Crippen LogP contribution in [0.15, 0.2) is 48.5 Å². The molecule has 3 rings (SSSR count). The van der Waals surface area contributed by atoms with Crippen LogP contribution in [0.5, 0.6) is 0 Å². The number of rotatable bonds is 1. The maximum Gasteiger partial charge on any atom is 0.0314 e. The fourth-order valence-corrected chi connectivity index (χ4v) is 3.74. The van der Waals surface area contributed by atoms with Gasteiger partial charge in [-0.1, -0.05) is 57.2 Å². The number of anilines is 1. The summed E-state index contributed by atoms with van der Waals surface area (Å²) in [5.74, 6) is 0. The average Bonchev–Trinajstić information content (AvgIpc) is 2.59. The molecular formula is C18H21N. The topological polar surface area (TPSA) is 26.0 Å². The lowest BCUT2D eigenvalue weighted by atomic mass is 9.75. The van der Waals surface area contributed by atoms with Crippen LogP contribution < -0.4 is 5.73 Å². The van der Waals surface area contributed by atoms with Gasteiger partial charge in [0.05, 0.1) is 0 Å².